The molecule has 9 nitrogen and oxygen atoms in total. The second-order valence-electron chi connectivity index (χ2n) is 6.02. The number of nitrogens with one attached hydrogen (secondary N) is 1. The summed E-state index contributed by atoms with van der Waals surface area (Å²) in [5, 5.41) is 23.8. The zero-order valence-corrected chi connectivity index (χ0v) is 15.4. The smallest absolute Gasteiger partial charge is 0.343 e. The summed E-state index contributed by atoms with van der Waals surface area (Å²) in [5.41, 5.74) is 4.03. The molecule has 2 N–H and O–H groups in total. The molecule has 30 heavy (non-hydrogen) atoms. The summed E-state index contributed by atoms with van der Waals surface area (Å²) >= 11 is 0. The fourth-order valence-electron chi connectivity index (χ4n) is 2.44. The van der Waals surface area contributed by atoms with Crippen LogP contribution in [0.1, 0.15) is 26.3 Å². The third-order valence-electron chi connectivity index (χ3n) is 3.90. The van der Waals surface area contributed by atoms with Gasteiger partial charge in [0, 0.05) is 12.1 Å². The number of carboxylic acids is 1. The molecule has 150 valence electrons. The lowest BCUT2D eigenvalue weighted by molar-refractivity contribution is -0.384. The van der Waals surface area contributed by atoms with Crippen molar-refractivity contribution in [3.05, 3.63) is 99.6 Å². The Morgan fingerprint density at radius 3 is 2.43 bits per heavy atom. The SMILES string of the molecule is O=C(O)c1ccc(NN=Cc2cccc(OC(=O)c3cccc([N+](=O)[O-])c3)c2)cc1. The Morgan fingerprint density at radius 1 is 1.00 bits per heavy atom. The Kier molecular flexibility index (Phi) is 6.14. The van der Waals surface area contributed by atoms with Crippen molar-refractivity contribution in [3.8, 4) is 5.75 Å². The van der Waals surface area contributed by atoms with E-state index in [-0.39, 0.29) is 22.6 Å². The highest BCUT2D eigenvalue weighted by molar-refractivity contribution is 5.92. The van der Waals surface area contributed by atoms with Gasteiger partial charge >= 0.3 is 11.9 Å². The minimum absolute atomic E-state index is 0.0646. The van der Waals surface area contributed by atoms with Gasteiger partial charge in [-0.05, 0) is 48.0 Å². The van der Waals surface area contributed by atoms with Crippen LogP contribution in [-0.2, 0) is 0 Å². The van der Waals surface area contributed by atoms with Crippen molar-refractivity contribution in [1.29, 1.82) is 0 Å². The zero-order valence-electron chi connectivity index (χ0n) is 15.4. The number of esters is 1. The minimum atomic E-state index is -1.01. The molecule has 0 radical (unpaired) electrons. The number of hydrazone groups is 1. The molecule has 0 heterocycles. The number of carbonyl (C=O) groups excluding carboxylic acids is 1. The van der Waals surface area contributed by atoms with Crippen molar-refractivity contribution in [2.75, 3.05) is 5.43 Å². The molecule has 0 saturated heterocycles. The first kappa shape index (κ1) is 20.2. The van der Waals surface area contributed by atoms with Gasteiger partial charge in [-0.25, -0.2) is 9.59 Å². The molecule has 9 heteroatoms. The van der Waals surface area contributed by atoms with Crippen molar-refractivity contribution in [2.24, 2.45) is 5.10 Å². The van der Waals surface area contributed by atoms with Crippen molar-refractivity contribution in [2.45, 2.75) is 0 Å². The summed E-state index contributed by atoms with van der Waals surface area (Å²) in [6.07, 6.45) is 1.50. The van der Waals surface area contributed by atoms with Gasteiger partial charge in [0.2, 0.25) is 0 Å². The Morgan fingerprint density at radius 2 is 1.73 bits per heavy atom. The number of aromatic carboxylic acids is 1. The number of ether oxygens (including phenoxy) is 1. The van der Waals surface area contributed by atoms with Gasteiger partial charge in [-0.1, -0.05) is 18.2 Å². The van der Waals surface area contributed by atoms with Crippen LogP contribution >= 0.6 is 0 Å². The van der Waals surface area contributed by atoms with Gasteiger partial charge < -0.3 is 9.84 Å². The molecule has 3 rings (SSSR count). The van der Waals surface area contributed by atoms with Gasteiger partial charge in [-0.3, -0.25) is 15.5 Å². The Balaban J connectivity index is 1.65. The predicted octanol–water partition coefficient (Wildman–Crippen LogP) is 3.96. The van der Waals surface area contributed by atoms with Crippen molar-refractivity contribution >= 4 is 29.5 Å². The predicted molar refractivity (Wildman–Crippen MR) is 109 cm³/mol. The van der Waals surface area contributed by atoms with E-state index in [1.807, 2.05) is 0 Å². The van der Waals surface area contributed by atoms with Gasteiger partial charge in [-0.2, -0.15) is 5.10 Å². The molecule has 0 aliphatic heterocycles. The summed E-state index contributed by atoms with van der Waals surface area (Å²) < 4.78 is 5.28. The number of nitrogens with zero attached hydrogens (tertiary/aromatic N) is 2. The highest BCUT2D eigenvalue weighted by Crippen LogP contribution is 2.18. The standard InChI is InChI=1S/C21H15N3O6/c25-20(26)15-7-9-17(10-8-15)23-22-13-14-3-1-6-19(11-14)30-21(27)16-4-2-5-18(12-16)24(28)29/h1-13,23H,(H,25,26). The van der Waals surface area contributed by atoms with Crippen molar-refractivity contribution in [1.82, 2.24) is 0 Å². The molecule has 0 unspecified atom stereocenters. The summed E-state index contributed by atoms with van der Waals surface area (Å²) in [6, 6.07) is 17.9. The van der Waals surface area contributed by atoms with Crippen LogP contribution < -0.4 is 10.2 Å². The molecule has 0 amide bonds. The first-order valence-electron chi connectivity index (χ1n) is 8.61. The molecule has 0 spiro atoms. The third kappa shape index (κ3) is 5.26. The van der Waals surface area contributed by atoms with Crippen LogP contribution in [-0.4, -0.2) is 28.2 Å². The number of hydrogen-bond acceptors (Lipinski definition) is 7. The quantitative estimate of drug-likeness (QED) is 0.200. The Hall–Kier alpha value is -4.53. The topological polar surface area (TPSA) is 131 Å². The maximum atomic E-state index is 12.2. The second kappa shape index (κ2) is 9.11. The van der Waals surface area contributed by atoms with Gasteiger partial charge in [-0.15, -0.1) is 0 Å². The highest BCUT2D eigenvalue weighted by atomic mass is 16.6. The first-order chi connectivity index (χ1) is 14.4. The molecular weight excluding hydrogens is 390 g/mol. The molecule has 3 aromatic carbocycles. The Bertz CT molecular complexity index is 1130. The largest absolute Gasteiger partial charge is 0.478 e. The van der Waals surface area contributed by atoms with E-state index in [1.165, 1.54) is 36.5 Å². The lowest BCUT2D eigenvalue weighted by Gasteiger charge is -2.05. The monoisotopic (exact) mass is 405 g/mol. The second-order valence-corrected chi connectivity index (χ2v) is 6.02. The summed E-state index contributed by atoms with van der Waals surface area (Å²) in [7, 11) is 0. The average molecular weight is 405 g/mol. The maximum absolute atomic E-state index is 12.2. The molecule has 0 aliphatic carbocycles. The zero-order chi connectivity index (χ0) is 21.5. The van der Waals surface area contributed by atoms with Crippen LogP contribution in [0.15, 0.2) is 77.9 Å². The van der Waals surface area contributed by atoms with Gasteiger partial charge in [0.05, 0.1) is 28.0 Å². The average Bonchev–Trinajstić information content (AvgIpc) is 2.74. The van der Waals surface area contributed by atoms with Gasteiger partial charge in [0.1, 0.15) is 5.75 Å². The molecule has 0 bridgehead atoms. The lowest BCUT2D eigenvalue weighted by Crippen LogP contribution is -2.09. The van der Waals surface area contributed by atoms with E-state index in [2.05, 4.69) is 10.5 Å². The van der Waals surface area contributed by atoms with Crippen LogP contribution in [0.3, 0.4) is 0 Å². The molecule has 0 aliphatic rings. The van der Waals surface area contributed by atoms with E-state index in [9.17, 15) is 19.7 Å². The molecule has 0 saturated carbocycles. The summed E-state index contributed by atoms with van der Waals surface area (Å²) in [6.45, 7) is 0. The number of non-ortho nitro benzene ring substituents is 1. The maximum Gasteiger partial charge on any atom is 0.343 e. The molecule has 0 fully saturated rings. The number of anilines is 1. The van der Waals surface area contributed by atoms with E-state index >= 15 is 0 Å². The number of nitro benzene ring substituents is 1. The molecule has 0 atom stereocenters. The minimum Gasteiger partial charge on any atom is -0.478 e. The van der Waals surface area contributed by atoms with E-state index in [0.29, 0.717) is 11.3 Å². The normalized spacial score (nSPS) is 10.5. The van der Waals surface area contributed by atoms with Crippen LogP contribution in [0, 0.1) is 10.1 Å². The van der Waals surface area contributed by atoms with Crippen LogP contribution in [0.25, 0.3) is 0 Å². The van der Waals surface area contributed by atoms with E-state index in [1.54, 1.807) is 36.4 Å². The molecule has 0 aromatic heterocycles. The highest BCUT2D eigenvalue weighted by Gasteiger charge is 2.13. The number of carbonyl (C=O) groups is 2. The van der Waals surface area contributed by atoms with Gasteiger partial charge in [0.25, 0.3) is 5.69 Å². The first-order valence-corrected chi connectivity index (χ1v) is 8.61. The number of benzene rings is 3. The van der Waals surface area contributed by atoms with E-state index < -0.39 is 16.9 Å². The summed E-state index contributed by atoms with van der Waals surface area (Å²) in [4.78, 5) is 33.3. The Labute approximate surface area is 170 Å². The summed E-state index contributed by atoms with van der Waals surface area (Å²) in [5.74, 6) is -1.48. The fourth-order valence-corrected chi connectivity index (χ4v) is 2.44. The van der Waals surface area contributed by atoms with Crippen molar-refractivity contribution < 1.29 is 24.4 Å². The van der Waals surface area contributed by atoms with Crippen LogP contribution in [0.4, 0.5) is 11.4 Å². The number of hydrogen-bond donors (Lipinski definition) is 2. The number of nitro groups is 1. The lowest BCUT2D eigenvalue weighted by atomic mass is 10.2. The molecular formula is C21H15N3O6. The van der Waals surface area contributed by atoms with Crippen LogP contribution in [0.5, 0.6) is 5.75 Å². The number of rotatable bonds is 7. The molecule has 3 aromatic rings. The third-order valence-corrected chi connectivity index (χ3v) is 3.90. The fraction of sp³-hybridized carbons (Fsp3) is 0. The van der Waals surface area contributed by atoms with Crippen molar-refractivity contribution in [3.63, 3.8) is 0 Å². The number of carboxylic acid groups (broad SMARTS) is 1. The van der Waals surface area contributed by atoms with Gasteiger partial charge in [0.15, 0.2) is 0 Å². The van der Waals surface area contributed by atoms with Crippen LogP contribution in [0.2, 0.25) is 0 Å². The van der Waals surface area contributed by atoms with E-state index in [4.69, 9.17) is 9.84 Å². The van der Waals surface area contributed by atoms with E-state index in [0.717, 1.165) is 6.07 Å².